The molecule has 104 valence electrons. The van der Waals surface area contributed by atoms with Gasteiger partial charge in [0, 0.05) is 11.6 Å². The second-order valence-electron chi connectivity index (χ2n) is 4.44. The lowest BCUT2D eigenvalue weighted by Gasteiger charge is -2.08. The number of pyridine rings is 1. The molecule has 0 aliphatic rings. The standard InChI is InChI=1S/C16H10F2N2O/c17-12-7-2-6-11(14(12)18)16(21)20-13-8-1-4-10-5-3-9-19-15(10)13/h1-9H,(H,20,21). The quantitative estimate of drug-likeness (QED) is 0.778. The van der Waals surface area contributed by atoms with Gasteiger partial charge in [-0.15, -0.1) is 0 Å². The molecule has 0 fully saturated rings. The van der Waals surface area contributed by atoms with Crippen LogP contribution in [0.1, 0.15) is 10.4 Å². The van der Waals surface area contributed by atoms with Gasteiger partial charge in [-0.25, -0.2) is 8.78 Å². The highest BCUT2D eigenvalue weighted by atomic mass is 19.2. The third-order valence-electron chi connectivity index (χ3n) is 3.08. The number of aromatic nitrogens is 1. The Morgan fingerprint density at radius 3 is 2.62 bits per heavy atom. The van der Waals surface area contributed by atoms with Crippen LogP contribution in [0.2, 0.25) is 0 Å². The minimum absolute atomic E-state index is 0.345. The molecule has 3 aromatic rings. The Labute approximate surface area is 119 Å². The van der Waals surface area contributed by atoms with E-state index in [2.05, 4.69) is 10.3 Å². The van der Waals surface area contributed by atoms with Crippen LogP contribution in [0.15, 0.2) is 54.7 Å². The molecular formula is C16H10F2N2O. The maximum Gasteiger partial charge on any atom is 0.258 e. The summed E-state index contributed by atoms with van der Waals surface area (Å²) in [6.07, 6.45) is 1.60. The number of hydrogen-bond donors (Lipinski definition) is 1. The van der Waals surface area contributed by atoms with Gasteiger partial charge < -0.3 is 5.32 Å². The van der Waals surface area contributed by atoms with Gasteiger partial charge in [-0.2, -0.15) is 0 Å². The van der Waals surface area contributed by atoms with Crippen LogP contribution in [0.25, 0.3) is 10.9 Å². The zero-order valence-corrected chi connectivity index (χ0v) is 10.8. The smallest absolute Gasteiger partial charge is 0.258 e. The van der Waals surface area contributed by atoms with Crippen molar-refractivity contribution in [2.75, 3.05) is 5.32 Å². The van der Waals surface area contributed by atoms with Crippen LogP contribution in [-0.2, 0) is 0 Å². The average molecular weight is 284 g/mol. The van der Waals surface area contributed by atoms with Crippen LogP contribution in [0.5, 0.6) is 0 Å². The molecule has 1 aromatic heterocycles. The predicted molar refractivity (Wildman–Crippen MR) is 76.1 cm³/mol. The molecule has 1 amide bonds. The molecule has 3 rings (SSSR count). The molecule has 0 saturated heterocycles. The molecule has 0 radical (unpaired) electrons. The number of nitrogens with one attached hydrogen (secondary N) is 1. The normalized spacial score (nSPS) is 10.6. The Balaban J connectivity index is 1.99. The van der Waals surface area contributed by atoms with Crippen molar-refractivity contribution in [2.24, 2.45) is 0 Å². The van der Waals surface area contributed by atoms with E-state index in [0.717, 1.165) is 11.5 Å². The summed E-state index contributed by atoms with van der Waals surface area (Å²) < 4.78 is 26.8. The number of hydrogen-bond acceptors (Lipinski definition) is 2. The molecule has 3 nitrogen and oxygen atoms in total. The van der Waals surface area contributed by atoms with Crippen molar-refractivity contribution < 1.29 is 13.6 Å². The van der Waals surface area contributed by atoms with Crippen molar-refractivity contribution in [3.63, 3.8) is 0 Å². The maximum atomic E-state index is 13.6. The highest BCUT2D eigenvalue weighted by molar-refractivity contribution is 6.08. The van der Waals surface area contributed by atoms with Crippen LogP contribution >= 0.6 is 0 Å². The van der Waals surface area contributed by atoms with Crippen molar-refractivity contribution in [3.8, 4) is 0 Å². The van der Waals surface area contributed by atoms with Gasteiger partial charge in [0.2, 0.25) is 0 Å². The lowest BCUT2D eigenvalue weighted by Crippen LogP contribution is -2.14. The average Bonchev–Trinajstić information content (AvgIpc) is 2.50. The monoisotopic (exact) mass is 284 g/mol. The van der Waals surface area contributed by atoms with Gasteiger partial charge >= 0.3 is 0 Å². The van der Waals surface area contributed by atoms with E-state index in [-0.39, 0.29) is 5.56 Å². The van der Waals surface area contributed by atoms with Gasteiger partial charge in [0.05, 0.1) is 16.8 Å². The fourth-order valence-electron chi connectivity index (χ4n) is 2.07. The van der Waals surface area contributed by atoms with E-state index >= 15 is 0 Å². The third kappa shape index (κ3) is 2.45. The first-order valence-electron chi connectivity index (χ1n) is 6.26. The number of anilines is 1. The zero-order chi connectivity index (χ0) is 14.8. The van der Waals surface area contributed by atoms with Gasteiger partial charge in [0.25, 0.3) is 5.91 Å². The van der Waals surface area contributed by atoms with E-state index in [1.807, 2.05) is 12.1 Å². The summed E-state index contributed by atoms with van der Waals surface area (Å²) >= 11 is 0. The molecule has 1 N–H and O–H groups in total. The first kappa shape index (κ1) is 13.2. The van der Waals surface area contributed by atoms with Crippen molar-refractivity contribution in [1.82, 2.24) is 4.98 Å². The Hall–Kier alpha value is -2.82. The Bertz CT molecular complexity index is 828. The van der Waals surface area contributed by atoms with E-state index in [9.17, 15) is 13.6 Å². The molecule has 2 aromatic carbocycles. The van der Waals surface area contributed by atoms with Crippen molar-refractivity contribution in [2.45, 2.75) is 0 Å². The maximum absolute atomic E-state index is 13.6. The fraction of sp³-hybridized carbons (Fsp3) is 0. The molecule has 5 heteroatoms. The third-order valence-corrected chi connectivity index (χ3v) is 3.08. The Morgan fingerprint density at radius 1 is 1.00 bits per heavy atom. The predicted octanol–water partition coefficient (Wildman–Crippen LogP) is 3.77. The number of amides is 1. The molecule has 0 bridgehead atoms. The van der Waals surface area contributed by atoms with E-state index in [1.54, 1.807) is 24.4 Å². The molecule has 0 atom stereocenters. The van der Waals surface area contributed by atoms with E-state index < -0.39 is 17.5 Å². The molecule has 0 spiro atoms. The number of para-hydroxylation sites is 1. The van der Waals surface area contributed by atoms with E-state index in [4.69, 9.17) is 0 Å². The number of benzene rings is 2. The lowest BCUT2D eigenvalue weighted by atomic mass is 10.1. The molecule has 0 unspecified atom stereocenters. The highest BCUT2D eigenvalue weighted by Gasteiger charge is 2.16. The summed E-state index contributed by atoms with van der Waals surface area (Å²) in [5.41, 5.74) is 0.690. The molecule has 21 heavy (non-hydrogen) atoms. The SMILES string of the molecule is O=C(Nc1cccc2cccnc12)c1cccc(F)c1F. The van der Waals surface area contributed by atoms with Crippen LogP contribution in [0.4, 0.5) is 14.5 Å². The van der Waals surface area contributed by atoms with E-state index in [0.29, 0.717) is 11.2 Å². The second-order valence-corrected chi connectivity index (χ2v) is 4.44. The fourth-order valence-corrected chi connectivity index (χ4v) is 2.07. The molecular weight excluding hydrogens is 274 g/mol. The molecule has 0 aliphatic carbocycles. The number of halogens is 2. The number of nitrogens with zero attached hydrogens (tertiary/aromatic N) is 1. The minimum atomic E-state index is -1.16. The van der Waals surface area contributed by atoms with Gasteiger partial charge in [-0.3, -0.25) is 9.78 Å². The van der Waals surface area contributed by atoms with Crippen LogP contribution in [-0.4, -0.2) is 10.9 Å². The summed E-state index contributed by atoms with van der Waals surface area (Å²) in [5.74, 6) is -2.94. The minimum Gasteiger partial charge on any atom is -0.320 e. The lowest BCUT2D eigenvalue weighted by molar-refractivity contribution is 0.102. The van der Waals surface area contributed by atoms with Crippen LogP contribution in [0.3, 0.4) is 0 Å². The molecule has 0 saturated carbocycles. The van der Waals surface area contributed by atoms with Crippen LogP contribution < -0.4 is 5.32 Å². The Kier molecular flexibility index (Phi) is 3.31. The summed E-state index contributed by atoms with van der Waals surface area (Å²) in [6, 6.07) is 12.4. The van der Waals surface area contributed by atoms with E-state index in [1.165, 1.54) is 12.1 Å². The number of carbonyl (C=O) groups excluding carboxylic acids is 1. The number of rotatable bonds is 2. The van der Waals surface area contributed by atoms with Crippen molar-refractivity contribution >= 4 is 22.5 Å². The highest BCUT2D eigenvalue weighted by Crippen LogP contribution is 2.22. The zero-order valence-electron chi connectivity index (χ0n) is 10.8. The summed E-state index contributed by atoms with van der Waals surface area (Å²) in [5, 5.41) is 3.40. The van der Waals surface area contributed by atoms with Gasteiger partial charge in [-0.1, -0.05) is 24.3 Å². The largest absolute Gasteiger partial charge is 0.320 e. The van der Waals surface area contributed by atoms with Gasteiger partial charge in [0.15, 0.2) is 11.6 Å². The van der Waals surface area contributed by atoms with Gasteiger partial charge in [-0.05, 0) is 24.3 Å². The van der Waals surface area contributed by atoms with Crippen molar-refractivity contribution in [1.29, 1.82) is 0 Å². The number of fused-ring (bicyclic) bond motifs is 1. The molecule has 0 aliphatic heterocycles. The second kappa shape index (κ2) is 5.28. The summed E-state index contributed by atoms with van der Waals surface area (Å²) in [4.78, 5) is 16.3. The Morgan fingerprint density at radius 2 is 1.76 bits per heavy atom. The van der Waals surface area contributed by atoms with Crippen molar-refractivity contribution in [3.05, 3.63) is 71.9 Å². The van der Waals surface area contributed by atoms with Crippen LogP contribution in [0, 0.1) is 11.6 Å². The first-order valence-corrected chi connectivity index (χ1v) is 6.26. The van der Waals surface area contributed by atoms with Gasteiger partial charge in [0.1, 0.15) is 0 Å². The summed E-state index contributed by atoms with van der Waals surface area (Å²) in [7, 11) is 0. The topological polar surface area (TPSA) is 42.0 Å². The first-order chi connectivity index (χ1) is 10.2. The molecule has 1 heterocycles. The number of carbonyl (C=O) groups is 1. The summed E-state index contributed by atoms with van der Waals surface area (Å²) in [6.45, 7) is 0.